The Hall–Kier alpha value is -1.88. The van der Waals surface area contributed by atoms with Gasteiger partial charge < -0.3 is 14.5 Å². The van der Waals surface area contributed by atoms with Crippen molar-refractivity contribution in [3.8, 4) is 0 Å². The van der Waals surface area contributed by atoms with Crippen LogP contribution in [0.4, 0.5) is 0 Å². The number of aryl methyl sites for hydroxylation is 1. The summed E-state index contributed by atoms with van der Waals surface area (Å²) in [6.07, 6.45) is 1.96. The van der Waals surface area contributed by atoms with Gasteiger partial charge in [-0.3, -0.25) is 9.59 Å². The third-order valence-corrected chi connectivity index (χ3v) is 6.30. The van der Waals surface area contributed by atoms with Crippen molar-refractivity contribution in [3.63, 3.8) is 0 Å². The van der Waals surface area contributed by atoms with Gasteiger partial charge in [-0.05, 0) is 30.4 Å². The Bertz CT molecular complexity index is 703. The first-order valence-electron chi connectivity index (χ1n) is 10.5. The van der Waals surface area contributed by atoms with Crippen molar-refractivity contribution in [2.45, 2.75) is 46.1 Å². The second-order valence-electron chi connectivity index (χ2n) is 8.75. The van der Waals surface area contributed by atoms with Gasteiger partial charge in [0.1, 0.15) is 0 Å². The molecule has 0 unspecified atom stereocenters. The van der Waals surface area contributed by atoms with E-state index in [0.29, 0.717) is 37.2 Å². The Morgan fingerprint density at radius 2 is 1.86 bits per heavy atom. The van der Waals surface area contributed by atoms with Crippen molar-refractivity contribution in [1.82, 2.24) is 9.80 Å². The predicted octanol–water partition coefficient (Wildman–Crippen LogP) is 3.43. The van der Waals surface area contributed by atoms with Crippen LogP contribution in [0.3, 0.4) is 0 Å². The van der Waals surface area contributed by atoms with E-state index in [9.17, 15) is 9.59 Å². The Morgan fingerprint density at radius 3 is 2.54 bits per heavy atom. The molecule has 3 rings (SSSR count). The fourth-order valence-corrected chi connectivity index (χ4v) is 4.73. The molecule has 0 aromatic heterocycles. The van der Waals surface area contributed by atoms with Gasteiger partial charge in [0.05, 0.1) is 19.1 Å². The number of ether oxygens (including phenoxy) is 1. The van der Waals surface area contributed by atoms with Crippen LogP contribution < -0.4 is 0 Å². The maximum Gasteiger partial charge on any atom is 0.224 e. The fraction of sp³-hybridized carbons (Fsp3) is 0.652. The van der Waals surface area contributed by atoms with E-state index in [0.717, 1.165) is 26.1 Å². The maximum absolute atomic E-state index is 13.1. The van der Waals surface area contributed by atoms with Gasteiger partial charge in [-0.15, -0.1) is 0 Å². The molecule has 2 saturated heterocycles. The monoisotopic (exact) mass is 386 g/mol. The zero-order valence-corrected chi connectivity index (χ0v) is 17.7. The first-order chi connectivity index (χ1) is 13.4. The van der Waals surface area contributed by atoms with Crippen LogP contribution in [0.5, 0.6) is 0 Å². The summed E-state index contributed by atoms with van der Waals surface area (Å²) in [7, 11) is 1.63. The van der Waals surface area contributed by atoms with E-state index in [4.69, 9.17) is 4.74 Å². The summed E-state index contributed by atoms with van der Waals surface area (Å²) in [5.74, 6) is 1.62. The lowest BCUT2D eigenvalue weighted by atomic mass is 9.87. The molecule has 0 N–H and O–H groups in total. The Morgan fingerprint density at radius 1 is 1.11 bits per heavy atom. The number of rotatable bonds is 7. The van der Waals surface area contributed by atoms with Crippen LogP contribution in [0.15, 0.2) is 24.3 Å². The van der Waals surface area contributed by atoms with Gasteiger partial charge in [0.15, 0.2) is 0 Å². The third kappa shape index (κ3) is 4.40. The highest BCUT2D eigenvalue weighted by atomic mass is 16.5. The molecular weight excluding hydrogens is 352 g/mol. The molecule has 0 bridgehead atoms. The summed E-state index contributed by atoms with van der Waals surface area (Å²) in [5.41, 5.74) is 2.46. The molecule has 2 amide bonds. The molecule has 2 aliphatic rings. The average molecular weight is 387 g/mol. The van der Waals surface area contributed by atoms with Crippen molar-refractivity contribution in [3.05, 3.63) is 35.4 Å². The van der Waals surface area contributed by atoms with E-state index in [1.807, 2.05) is 11.0 Å². The maximum atomic E-state index is 13.1. The summed E-state index contributed by atoms with van der Waals surface area (Å²) >= 11 is 0. The molecular formula is C23H34N2O3. The lowest BCUT2D eigenvalue weighted by Crippen LogP contribution is -2.37. The molecule has 2 heterocycles. The molecule has 154 valence electrons. The van der Waals surface area contributed by atoms with Gasteiger partial charge in [-0.2, -0.15) is 0 Å². The van der Waals surface area contributed by atoms with Gasteiger partial charge in [0, 0.05) is 45.0 Å². The summed E-state index contributed by atoms with van der Waals surface area (Å²) in [5, 5.41) is 0. The first-order valence-corrected chi connectivity index (χ1v) is 10.5. The number of fused-ring (bicyclic) bond motifs is 1. The van der Waals surface area contributed by atoms with E-state index >= 15 is 0 Å². The summed E-state index contributed by atoms with van der Waals surface area (Å²) < 4.78 is 5.07. The number of carbonyl (C=O) groups excluding carboxylic acids is 2. The van der Waals surface area contributed by atoms with E-state index < -0.39 is 0 Å². The van der Waals surface area contributed by atoms with Crippen LogP contribution in [0.2, 0.25) is 0 Å². The zero-order chi connectivity index (χ0) is 20.3. The van der Waals surface area contributed by atoms with Crippen LogP contribution in [-0.2, 0) is 14.3 Å². The highest BCUT2D eigenvalue weighted by Gasteiger charge is 2.50. The highest BCUT2D eigenvalue weighted by molar-refractivity contribution is 5.78. The van der Waals surface area contributed by atoms with E-state index in [2.05, 4.69) is 43.9 Å². The lowest BCUT2D eigenvalue weighted by molar-refractivity contribution is -0.133. The Kier molecular flexibility index (Phi) is 6.76. The van der Waals surface area contributed by atoms with Gasteiger partial charge in [-0.25, -0.2) is 0 Å². The molecule has 0 aliphatic carbocycles. The number of likely N-dealkylation sites (tertiary alicyclic amines) is 2. The third-order valence-electron chi connectivity index (χ3n) is 6.30. The van der Waals surface area contributed by atoms with Crippen molar-refractivity contribution < 1.29 is 14.3 Å². The molecule has 3 atom stereocenters. The van der Waals surface area contributed by atoms with Crippen molar-refractivity contribution in [2.24, 2.45) is 17.8 Å². The van der Waals surface area contributed by atoms with Crippen LogP contribution in [0.25, 0.3) is 0 Å². The highest BCUT2D eigenvalue weighted by Crippen LogP contribution is 2.46. The van der Waals surface area contributed by atoms with E-state index in [1.165, 1.54) is 11.1 Å². The summed E-state index contributed by atoms with van der Waals surface area (Å²) in [6, 6.07) is 8.45. The standard InChI is InChI=1S/C23H34N2O3/c1-16(2)9-10-22(27)25-14-18-13-24(21(26)11-12-28-4)15-20(18)23(25)19-8-6-5-7-17(19)3/h5-8,16,18,20,23H,9-15H2,1-4H3/t18-,20-,23+/m0/s1. The normalized spacial score (nSPS) is 24.1. The van der Waals surface area contributed by atoms with Crippen LogP contribution >= 0.6 is 0 Å². The number of hydrogen-bond donors (Lipinski definition) is 0. The molecule has 1 aromatic carbocycles. The lowest BCUT2D eigenvalue weighted by Gasteiger charge is -2.31. The number of carbonyl (C=O) groups is 2. The second-order valence-corrected chi connectivity index (χ2v) is 8.75. The fourth-order valence-electron chi connectivity index (χ4n) is 4.73. The molecule has 2 fully saturated rings. The van der Waals surface area contributed by atoms with E-state index in [1.54, 1.807) is 7.11 Å². The minimum Gasteiger partial charge on any atom is -0.384 e. The van der Waals surface area contributed by atoms with Crippen LogP contribution in [-0.4, -0.2) is 55.0 Å². The number of methoxy groups -OCH3 is 1. The molecule has 5 heteroatoms. The second kappa shape index (κ2) is 9.08. The molecule has 5 nitrogen and oxygen atoms in total. The molecule has 0 saturated carbocycles. The van der Waals surface area contributed by atoms with Gasteiger partial charge >= 0.3 is 0 Å². The van der Waals surface area contributed by atoms with Crippen LogP contribution in [0.1, 0.15) is 50.3 Å². The van der Waals surface area contributed by atoms with Gasteiger partial charge in [0.25, 0.3) is 0 Å². The number of nitrogens with zero attached hydrogens (tertiary/aromatic N) is 2. The minimum atomic E-state index is 0.0751. The number of benzene rings is 1. The first kappa shape index (κ1) is 20.8. The predicted molar refractivity (Wildman–Crippen MR) is 110 cm³/mol. The molecule has 1 aromatic rings. The average Bonchev–Trinajstić information content (AvgIpc) is 3.23. The molecule has 2 aliphatic heterocycles. The minimum absolute atomic E-state index is 0.0751. The van der Waals surface area contributed by atoms with E-state index in [-0.39, 0.29) is 17.9 Å². The topological polar surface area (TPSA) is 49.9 Å². The molecule has 28 heavy (non-hydrogen) atoms. The molecule has 0 spiro atoms. The van der Waals surface area contributed by atoms with Crippen molar-refractivity contribution in [1.29, 1.82) is 0 Å². The largest absolute Gasteiger partial charge is 0.384 e. The smallest absolute Gasteiger partial charge is 0.224 e. The van der Waals surface area contributed by atoms with Gasteiger partial charge in [-0.1, -0.05) is 38.1 Å². The molecule has 0 radical (unpaired) electrons. The summed E-state index contributed by atoms with van der Waals surface area (Å²) in [6.45, 7) is 9.16. The van der Waals surface area contributed by atoms with Crippen LogP contribution in [0, 0.1) is 24.7 Å². The Labute approximate surface area is 169 Å². The SMILES string of the molecule is COCCC(=O)N1C[C@H]2CN(C(=O)CCC(C)C)[C@H](c3ccccc3C)[C@H]2C1. The quantitative estimate of drug-likeness (QED) is 0.721. The Balaban J connectivity index is 1.80. The van der Waals surface area contributed by atoms with Crippen molar-refractivity contribution in [2.75, 3.05) is 33.4 Å². The van der Waals surface area contributed by atoms with Crippen molar-refractivity contribution >= 4 is 11.8 Å². The zero-order valence-electron chi connectivity index (χ0n) is 17.7. The number of hydrogen-bond acceptors (Lipinski definition) is 3. The number of amides is 2. The van der Waals surface area contributed by atoms with Gasteiger partial charge in [0.2, 0.25) is 11.8 Å². The summed E-state index contributed by atoms with van der Waals surface area (Å²) in [4.78, 5) is 29.7.